The quantitative estimate of drug-likeness (QED) is 0.676. The molecule has 0 bridgehead atoms. The van der Waals surface area contributed by atoms with Gasteiger partial charge in [-0.3, -0.25) is 4.99 Å². The molecule has 1 heterocycles. The third-order valence-corrected chi connectivity index (χ3v) is 4.83. The molecule has 2 atom stereocenters. The molecule has 1 N–H and O–H groups in total. The van der Waals surface area contributed by atoms with Crippen LogP contribution in [0.15, 0.2) is 47.5 Å². The van der Waals surface area contributed by atoms with Gasteiger partial charge in [0.1, 0.15) is 11.6 Å². The van der Waals surface area contributed by atoms with Crippen molar-refractivity contribution in [1.82, 2.24) is 5.32 Å². The minimum Gasteiger partial charge on any atom is -0.353 e. The highest BCUT2D eigenvalue weighted by Gasteiger charge is 2.43. The van der Waals surface area contributed by atoms with Crippen molar-refractivity contribution in [3.63, 3.8) is 0 Å². The molecule has 3 nitrogen and oxygen atoms in total. The van der Waals surface area contributed by atoms with Crippen LogP contribution >= 0.6 is 0 Å². The van der Waals surface area contributed by atoms with Crippen LogP contribution in [0.3, 0.4) is 0 Å². The van der Waals surface area contributed by atoms with Gasteiger partial charge < -0.3 is 10.2 Å². The predicted octanol–water partition coefficient (Wildman–Crippen LogP) is 3.46. The van der Waals surface area contributed by atoms with Crippen molar-refractivity contribution in [1.29, 1.82) is 0 Å². The minimum atomic E-state index is -0.467. The van der Waals surface area contributed by atoms with E-state index in [1.54, 1.807) is 7.05 Å². The summed E-state index contributed by atoms with van der Waals surface area (Å²) in [6.07, 6.45) is 1.69. The molecule has 124 valence electrons. The van der Waals surface area contributed by atoms with E-state index >= 15 is 0 Å². The highest BCUT2D eigenvalue weighted by atomic mass is 19.1. The lowest BCUT2D eigenvalue weighted by Gasteiger charge is -2.22. The fourth-order valence-corrected chi connectivity index (χ4v) is 3.53. The first-order chi connectivity index (χ1) is 11.7. The van der Waals surface area contributed by atoms with E-state index < -0.39 is 11.6 Å². The topological polar surface area (TPSA) is 27.6 Å². The number of rotatable bonds is 2. The molecule has 4 rings (SSSR count). The first-order valence-electron chi connectivity index (χ1n) is 8.21. The van der Waals surface area contributed by atoms with Crippen molar-refractivity contribution in [3.8, 4) is 0 Å². The average Bonchev–Trinajstić information content (AvgIpc) is 3.19. The molecule has 1 aliphatic heterocycles. The van der Waals surface area contributed by atoms with Crippen LogP contribution in [0.25, 0.3) is 0 Å². The Kier molecular flexibility index (Phi) is 3.71. The number of nitrogens with zero attached hydrogens (tertiary/aromatic N) is 2. The summed E-state index contributed by atoms with van der Waals surface area (Å²) in [5.74, 6) is -0.304. The summed E-state index contributed by atoms with van der Waals surface area (Å²) in [5.41, 5.74) is 2.64. The maximum Gasteiger partial charge on any atom is 0.198 e. The predicted molar refractivity (Wildman–Crippen MR) is 91.5 cm³/mol. The number of hydrogen-bond acceptors (Lipinski definition) is 1. The first kappa shape index (κ1) is 15.1. The molecule has 0 spiro atoms. The van der Waals surface area contributed by atoms with E-state index in [0.29, 0.717) is 6.42 Å². The zero-order chi connectivity index (χ0) is 16.7. The van der Waals surface area contributed by atoms with Gasteiger partial charge in [0.15, 0.2) is 5.96 Å². The van der Waals surface area contributed by atoms with Crippen LogP contribution in [0.1, 0.15) is 23.5 Å². The van der Waals surface area contributed by atoms with Crippen molar-refractivity contribution in [3.05, 3.63) is 65.2 Å². The minimum absolute atomic E-state index is 0.0165. The highest BCUT2D eigenvalue weighted by molar-refractivity contribution is 5.98. The molecule has 2 aliphatic rings. The third-order valence-electron chi connectivity index (χ3n) is 4.83. The number of aliphatic imine (C=N–C) groups is 1. The Morgan fingerprint density at radius 3 is 2.62 bits per heavy atom. The van der Waals surface area contributed by atoms with Crippen molar-refractivity contribution >= 4 is 11.6 Å². The second-order valence-corrected chi connectivity index (χ2v) is 6.31. The van der Waals surface area contributed by atoms with Crippen molar-refractivity contribution in [2.75, 3.05) is 18.5 Å². The second kappa shape index (κ2) is 5.89. The normalized spacial score (nSPS) is 22.5. The van der Waals surface area contributed by atoms with Crippen LogP contribution in [-0.4, -0.2) is 25.6 Å². The first-order valence-corrected chi connectivity index (χ1v) is 8.21. The summed E-state index contributed by atoms with van der Waals surface area (Å²) >= 11 is 0. The summed E-state index contributed by atoms with van der Waals surface area (Å²) in [6, 6.07) is 12.3. The van der Waals surface area contributed by atoms with Crippen molar-refractivity contribution in [2.24, 2.45) is 4.99 Å². The van der Waals surface area contributed by atoms with Gasteiger partial charge in [0.05, 0.1) is 0 Å². The van der Waals surface area contributed by atoms with Crippen LogP contribution in [0.2, 0.25) is 0 Å². The van der Waals surface area contributed by atoms with E-state index in [1.165, 1.54) is 23.8 Å². The number of benzene rings is 2. The molecule has 2 aromatic carbocycles. The van der Waals surface area contributed by atoms with E-state index in [4.69, 9.17) is 0 Å². The Hall–Kier alpha value is -2.43. The summed E-state index contributed by atoms with van der Waals surface area (Å²) in [6.45, 7) is 0.866. The van der Waals surface area contributed by atoms with Crippen LogP contribution in [0.4, 0.5) is 14.5 Å². The highest BCUT2D eigenvalue weighted by Crippen LogP contribution is 2.43. The molecule has 1 saturated carbocycles. The van der Waals surface area contributed by atoms with Gasteiger partial charge in [0.2, 0.25) is 0 Å². The summed E-state index contributed by atoms with van der Waals surface area (Å²) in [7, 11) is 1.74. The van der Waals surface area contributed by atoms with Crippen LogP contribution < -0.4 is 10.2 Å². The van der Waals surface area contributed by atoms with Gasteiger partial charge in [-0.25, -0.2) is 8.78 Å². The van der Waals surface area contributed by atoms with Crippen LogP contribution in [-0.2, 0) is 6.42 Å². The molecule has 2 aromatic rings. The molecule has 24 heavy (non-hydrogen) atoms. The maximum absolute atomic E-state index is 13.9. The number of guanidine groups is 1. The molecule has 0 saturated heterocycles. The van der Waals surface area contributed by atoms with E-state index in [-0.39, 0.29) is 17.5 Å². The lowest BCUT2D eigenvalue weighted by atomic mass is 10.1. The van der Waals surface area contributed by atoms with Crippen molar-refractivity contribution in [2.45, 2.75) is 24.8 Å². The van der Waals surface area contributed by atoms with Crippen LogP contribution in [0, 0.1) is 11.6 Å². The summed E-state index contributed by atoms with van der Waals surface area (Å²) < 4.78 is 27.8. The van der Waals surface area contributed by atoms with E-state index in [2.05, 4.69) is 27.3 Å². The molecular weight excluding hydrogens is 308 g/mol. The number of para-hydroxylation sites is 1. The standard InChI is InChI=1S/C19H19F2N3/c1-22-19(24-10-9-12-5-2-3-8-17(12)24)23-16-11-13(16)18-14(20)6-4-7-15(18)21/h2-8,13,16H,9-11H2,1H3,(H,22,23). The maximum atomic E-state index is 13.9. The van der Waals surface area contributed by atoms with Gasteiger partial charge >= 0.3 is 0 Å². The zero-order valence-electron chi connectivity index (χ0n) is 13.5. The van der Waals surface area contributed by atoms with Gasteiger partial charge in [0.25, 0.3) is 0 Å². The summed E-state index contributed by atoms with van der Waals surface area (Å²) in [5, 5.41) is 3.37. The Bertz CT molecular complexity index is 783. The lowest BCUT2D eigenvalue weighted by Crippen LogP contribution is -2.42. The molecule has 5 heteroatoms. The Morgan fingerprint density at radius 1 is 1.12 bits per heavy atom. The largest absolute Gasteiger partial charge is 0.353 e. The third kappa shape index (κ3) is 2.54. The number of hydrogen-bond donors (Lipinski definition) is 1. The Labute approximate surface area is 140 Å². The van der Waals surface area contributed by atoms with Crippen molar-refractivity contribution < 1.29 is 8.78 Å². The van der Waals surface area contributed by atoms with E-state index in [1.807, 2.05) is 12.1 Å². The monoisotopic (exact) mass is 327 g/mol. The van der Waals surface area contributed by atoms with E-state index in [0.717, 1.165) is 24.6 Å². The lowest BCUT2D eigenvalue weighted by molar-refractivity contribution is 0.553. The smallest absolute Gasteiger partial charge is 0.198 e. The van der Waals surface area contributed by atoms with Gasteiger partial charge in [-0.1, -0.05) is 24.3 Å². The van der Waals surface area contributed by atoms with Gasteiger partial charge in [-0.05, 0) is 36.6 Å². The van der Waals surface area contributed by atoms with E-state index in [9.17, 15) is 8.78 Å². The Balaban J connectivity index is 1.50. The SMILES string of the molecule is CN=C(NC1CC1c1c(F)cccc1F)N1CCc2ccccc21. The zero-order valence-corrected chi connectivity index (χ0v) is 13.5. The molecule has 0 radical (unpaired) electrons. The number of nitrogens with one attached hydrogen (secondary N) is 1. The van der Waals surface area contributed by atoms with Gasteiger partial charge in [0, 0.05) is 36.8 Å². The fraction of sp³-hybridized carbons (Fsp3) is 0.316. The molecule has 1 aliphatic carbocycles. The number of halogens is 2. The van der Waals surface area contributed by atoms with Crippen LogP contribution in [0.5, 0.6) is 0 Å². The molecular formula is C19H19F2N3. The number of anilines is 1. The summed E-state index contributed by atoms with van der Waals surface area (Å²) in [4.78, 5) is 6.51. The fourth-order valence-electron chi connectivity index (χ4n) is 3.53. The Morgan fingerprint density at radius 2 is 1.88 bits per heavy atom. The van der Waals surface area contributed by atoms with Gasteiger partial charge in [-0.2, -0.15) is 0 Å². The average molecular weight is 327 g/mol. The number of fused-ring (bicyclic) bond motifs is 1. The molecule has 0 aromatic heterocycles. The molecule has 0 amide bonds. The molecule has 2 unspecified atom stereocenters. The second-order valence-electron chi connectivity index (χ2n) is 6.31. The molecule has 1 fully saturated rings. The van der Waals surface area contributed by atoms with Gasteiger partial charge in [-0.15, -0.1) is 0 Å².